The van der Waals surface area contributed by atoms with Crippen molar-refractivity contribution in [1.29, 1.82) is 0 Å². The van der Waals surface area contributed by atoms with Crippen LogP contribution in [-0.2, 0) is 9.53 Å². The zero-order chi connectivity index (χ0) is 16.5. The highest BCUT2D eigenvalue weighted by Gasteiger charge is 2.30. The highest BCUT2D eigenvalue weighted by molar-refractivity contribution is 7.13. The van der Waals surface area contributed by atoms with Crippen LogP contribution in [0.4, 0.5) is 5.82 Å². The number of carbonyl (C=O) groups is 1. The summed E-state index contributed by atoms with van der Waals surface area (Å²) >= 11 is 1.59. The predicted octanol–water partition coefficient (Wildman–Crippen LogP) is 2.05. The van der Waals surface area contributed by atoms with Gasteiger partial charge in [0.05, 0.1) is 23.6 Å². The summed E-state index contributed by atoms with van der Waals surface area (Å²) < 4.78 is 5.43. The van der Waals surface area contributed by atoms with Crippen LogP contribution in [0, 0.1) is 0 Å². The number of hydrogen-bond acceptors (Lipinski definition) is 6. The second kappa shape index (κ2) is 6.18. The lowest BCUT2D eigenvalue weighted by Gasteiger charge is -2.35. The minimum Gasteiger partial charge on any atom is -0.377 e. The Morgan fingerprint density at radius 1 is 1.25 bits per heavy atom. The Morgan fingerprint density at radius 3 is 2.92 bits per heavy atom. The third kappa shape index (κ3) is 2.61. The van der Waals surface area contributed by atoms with Gasteiger partial charge in [-0.25, -0.2) is 9.97 Å². The number of hydrogen-bond donors (Lipinski definition) is 1. The van der Waals surface area contributed by atoms with Gasteiger partial charge in [0, 0.05) is 11.9 Å². The SMILES string of the molecule is NC(=O)C1COCCN1c1nc(-c2cccs2)nc2ccccc12. The van der Waals surface area contributed by atoms with Crippen LogP contribution >= 0.6 is 11.3 Å². The number of ether oxygens (including phenoxy) is 1. The quantitative estimate of drug-likeness (QED) is 0.789. The number of benzene rings is 1. The molecule has 6 nitrogen and oxygen atoms in total. The first-order valence-electron chi connectivity index (χ1n) is 7.68. The Bertz CT molecular complexity index is 881. The van der Waals surface area contributed by atoms with Gasteiger partial charge in [0.1, 0.15) is 11.9 Å². The summed E-state index contributed by atoms with van der Waals surface area (Å²) in [5.74, 6) is 0.986. The number of thiophene rings is 1. The Morgan fingerprint density at radius 2 is 2.12 bits per heavy atom. The van der Waals surface area contributed by atoms with Gasteiger partial charge in [-0.15, -0.1) is 11.3 Å². The molecule has 3 heterocycles. The average Bonchev–Trinajstić information content (AvgIpc) is 3.15. The first-order chi connectivity index (χ1) is 11.7. The Hall–Kier alpha value is -2.51. The van der Waals surface area contributed by atoms with Crippen LogP contribution in [-0.4, -0.2) is 41.7 Å². The zero-order valence-electron chi connectivity index (χ0n) is 12.9. The van der Waals surface area contributed by atoms with E-state index in [1.54, 1.807) is 11.3 Å². The molecule has 0 aliphatic carbocycles. The molecule has 1 atom stereocenters. The molecule has 4 rings (SSSR count). The van der Waals surface area contributed by atoms with Crippen LogP contribution in [0.5, 0.6) is 0 Å². The van der Waals surface area contributed by atoms with Crippen LogP contribution in [0.15, 0.2) is 41.8 Å². The topological polar surface area (TPSA) is 81.3 Å². The van der Waals surface area contributed by atoms with E-state index in [9.17, 15) is 4.79 Å². The molecule has 0 radical (unpaired) electrons. The number of fused-ring (bicyclic) bond motifs is 1. The van der Waals surface area contributed by atoms with Gasteiger partial charge >= 0.3 is 0 Å². The Labute approximate surface area is 142 Å². The molecule has 122 valence electrons. The van der Waals surface area contributed by atoms with Gasteiger partial charge in [-0.05, 0) is 23.6 Å². The normalized spacial score (nSPS) is 18.0. The minimum atomic E-state index is -0.520. The number of primary amides is 1. The number of nitrogens with zero attached hydrogens (tertiary/aromatic N) is 3. The van der Waals surface area contributed by atoms with Crippen molar-refractivity contribution in [1.82, 2.24) is 9.97 Å². The predicted molar refractivity (Wildman–Crippen MR) is 94.0 cm³/mol. The number of carbonyl (C=O) groups excluding carboxylic acids is 1. The van der Waals surface area contributed by atoms with Gasteiger partial charge in [0.25, 0.3) is 0 Å². The fraction of sp³-hybridized carbons (Fsp3) is 0.235. The zero-order valence-corrected chi connectivity index (χ0v) is 13.7. The first-order valence-corrected chi connectivity index (χ1v) is 8.56. The van der Waals surface area contributed by atoms with Crippen LogP contribution in [0.1, 0.15) is 0 Å². The maximum absolute atomic E-state index is 11.8. The van der Waals surface area contributed by atoms with Crippen molar-refractivity contribution < 1.29 is 9.53 Å². The Kier molecular flexibility index (Phi) is 3.87. The Balaban J connectivity index is 1.91. The van der Waals surface area contributed by atoms with Crippen LogP contribution in [0.25, 0.3) is 21.6 Å². The van der Waals surface area contributed by atoms with Crippen molar-refractivity contribution in [2.24, 2.45) is 5.73 Å². The van der Waals surface area contributed by atoms with Crippen molar-refractivity contribution in [3.8, 4) is 10.7 Å². The van der Waals surface area contributed by atoms with Crippen molar-refractivity contribution in [3.63, 3.8) is 0 Å². The fourth-order valence-corrected chi connectivity index (χ4v) is 3.55. The fourth-order valence-electron chi connectivity index (χ4n) is 2.89. The van der Waals surface area contributed by atoms with E-state index in [1.807, 2.05) is 46.7 Å². The monoisotopic (exact) mass is 340 g/mol. The summed E-state index contributed by atoms with van der Waals surface area (Å²) in [5, 5.41) is 2.90. The molecule has 24 heavy (non-hydrogen) atoms. The summed E-state index contributed by atoms with van der Waals surface area (Å²) in [6.45, 7) is 1.39. The largest absolute Gasteiger partial charge is 0.377 e. The van der Waals surface area contributed by atoms with Gasteiger partial charge < -0.3 is 15.4 Å². The van der Waals surface area contributed by atoms with Crippen LogP contribution in [0.2, 0.25) is 0 Å². The molecule has 1 aromatic carbocycles. The molecule has 2 aromatic heterocycles. The van der Waals surface area contributed by atoms with E-state index in [4.69, 9.17) is 15.5 Å². The summed E-state index contributed by atoms with van der Waals surface area (Å²) in [7, 11) is 0. The molecule has 1 amide bonds. The summed E-state index contributed by atoms with van der Waals surface area (Å²) in [6.07, 6.45) is 0. The number of amides is 1. The average molecular weight is 340 g/mol. The van der Waals surface area contributed by atoms with E-state index in [0.717, 1.165) is 21.6 Å². The van der Waals surface area contributed by atoms with Crippen molar-refractivity contribution >= 4 is 34.0 Å². The molecule has 1 unspecified atom stereocenters. The van der Waals surface area contributed by atoms with Crippen LogP contribution in [0.3, 0.4) is 0 Å². The molecule has 1 saturated heterocycles. The molecule has 1 fully saturated rings. The second-order valence-electron chi connectivity index (χ2n) is 5.55. The third-order valence-corrected chi connectivity index (χ3v) is 4.92. The lowest BCUT2D eigenvalue weighted by atomic mass is 10.1. The number of rotatable bonds is 3. The van der Waals surface area contributed by atoms with Gasteiger partial charge in [-0.1, -0.05) is 18.2 Å². The molecule has 0 spiro atoms. The van der Waals surface area contributed by atoms with E-state index in [-0.39, 0.29) is 6.61 Å². The van der Waals surface area contributed by atoms with Crippen molar-refractivity contribution in [2.75, 3.05) is 24.7 Å². The third-order valence-electron chi connectivity index (χ3n) is 4.05. The highest BCUT2D eigenvalue weighted by atomic mass is 32.1. The molecule has 0 bridgehead atoms. The van der Waals surface area contributed by atoms with Crippen molar-refractivity contribution in [2.45, 2.75) is 6.04 Å². The lowest BCUT2D eigenvalue weighted by Crippen LogP contribution is -2.53. The molecule has 1 aliphatic rings. The molecule has 0 saturated carbocycles. The van der Waals surface area contributed by atoms with Gasteiger partial charge in [-0.3, -0.25) is 4.79 Å². The van der Waals surface area contributed by atoms with E-state index >= 15 is 0 Å². The number of aromatic nitrogens is 2. The smallest absolute Gasteiger partial charge is 0.242 e. The molecular weight excluding hydrogens is 324 g/mol. The van der Waals surface area contributed by atoms with E-state index in [1.165, 1.54) is 0 Å². The molecule has 7 heteroatoms. The molecule has 1 aliphatic heterocycles. The van der Waals surface area contributed by atoms with Crippen molar-refractivity contribution in [3.05, 3.63) is 41.8 Å². The first kappa shape index (κ1) is 15.0. The van der Waals surface area contributed by atoms with Gasteiger partial charge in [-0.2, -0.15) is 0 Å². The lowest BCUT2D eigenvalue weighted by molar-refractivity contribution is -0.121. The standard InChI is InChI=1S/C17H16N4O2S/c18-15(22)13-10-23-8-7-21(13)17-11-4-1-2-5-12(11)19-16(20-17)14-6-3-9-24-14/h1-6,9,13H,7-8,10H2,(H2,18,22). The second-order valence-corrected chi connectivity index (χ2v) is 6.50. The maximum Gasteiger partial charge on any atom is 0.242 e. The van der Waals surface area contributed by atoms with E-state index in [0.29, 0.717) is 19.0 Å². The van der Waals surface area contributed by atoms with Crippen LogP contribution < -0.4 is 10.6 Å². The van der Waals surface area contributed by atoms with E-state index < -0.39 is 11.9 Å². The minimum absolute atomic E-state index is 0.280. The molecule has 3 aromatic rings. The summed E-state index contributed by atoms with van der Waals surface area (Å²) in [6, 6.07) is 11.3. The van der Waals surface area contributed by atoms with Gasteiger partial charge in [0.15, 0.2) is 5.82 Å². The number of para-hydroxylation sites is 1. The summed E-state index contributed by atoms with van der Waals surface area (Å²) in [4.78, 5) is 24.2. The summed E-state index contributed by atoms with van der Waals surface area (Å²) in [5.41, 5.74) is 6.42. The maximum atomic E-state index is 11.8. The highest BCUT2D eigenvalue weighted by Crippen LogP contribution is 2.31. The number of nitrogens with two attached hydrogens (primary N) is 1. The molecular formula is C17H16N4O2S. The van der Waals surface area contributed by atoms with E-state index in [2.05, 4.69) is 4.98 Å². The molecule has 2 N–H and O–H groups in total. The number of morpholine rings is 1. The number of anilines is 1. The van der Waals surface area contributed by atoms with Gasteiger partial charge in [0.2, 0.25) is 5.91 Å².